The molecule has 0 N–H and O–H groups in total. The maximum atomic E-state index is 12.8. The Morgan fingerprint density at radius 1 is 0.909 bits per heavy atom. The third-order valence-corrected chi connectivity index (χ3v) is 3.96. The zero-order valence-corrected chi connectivity index (χ0v) is 14.0. The van der Waals surface area contributed by atoms with Crippen molar-refractivity contribution in [2.24, 2.45) is 0 Å². The zero-order valence-electron chi connectivity index (χ0n) is 14.0. The van der Waals surface area contributed by atoms with E-state index in [4.69, 9.17) is 4.74 Å². The number of ketones is 1. The molecule has 0 unspecified atom stereocenters. The zero-order chi connectivity index (χ0) is 16.3. The molecule has 0 aliphatic heterocycles. The van der Waals surface area contributed by atoms with Crippen molar-refractivity contribution in [1.82, 2.24) is 0 Å². The van der Waals surface area contributed by atoms with Crippen molar-refractivity contribution in [3.63, 3.8) is 0 Å². The van der Waals surface area contributed by atoms with Crippen LogP contribution >= 0.6 is 0 Å². The van der Waals surface area contributed by atoms with E-state index in [0.717, 1.165) is 16.9 Å². The standard InChI is InChI=1S/C20H24O2/c1-13(2)16-8-11-18(19(12-16)14(3)4)20(21)15-6-9-17(22-5)10-7-15/h6-14H,1-5H3. The molecule has 0 saturated heterocycles. The van der Waals surface area contributed by atoms with Crippen LogP contribution in [0.4, 0.5) is 0 Å². The molecule has 0 fully saturated rings. The Labute approximate surface area is 133 Å². The largest absolute Gasteiger partial charge is 0.497 e. The molecule has 0 atom stereocenters. The second-order valence-electron chi connectivity index (χ2n) is 6.21. The molecule has 0 spiro atoms. The van der Waals surface area contributed by atoms with Gasteiger partial charge >= 0.3 is 0 Å². The van der Waals surface area contributed by atoms with Crippen molar-refractivity contribution < 1.29 is 9.53 Å². The van der Waals surface area contributed by atoms with Crippen molar-refractivity contribution in [1.29, 1.82) is 0 Å². The fourth-order valence-electron chi connectivity index (χ4n) is 2.52. The van der Waals surface area contributed by atoms with Crippen LogP contribution in [0.15, 0.2) is 42.5 Å². The minimum absolute atomic E-state index is 0.0710. The number of carbonyl (C=O) groups excluding carboxylic acids is 1. The molecule has 0 saturated carbocycles. The average molecular weight is 296 g/mol. The lowest BCUT2D eigenvalue weighted by atomic mass is 9.88. The second-order valence-corrected chi connectivity index (χ2v) is 6.21. The van der Waals surface area contributed by atoms with Crippen LogP contribution in [0, 0.1) is 0 Å². The molecule has 116 valence electrons. The molecule has 2 aromatic carbocycles. The molecular formula is C20H24O2. The topological polar surface area (TPSA) is 26.3 Å². The molecule has 2 aromatic rings. The minimum atomic E-state index is 0.0710. The molecule has 2 rings (SSSR count). The van der Waals surface area contributed by atoms with Gasteiger partial charge in [0.05, 0.1) is 7.11 Å². The highest BCUT2D eigenvalue weighted by Gasteiger charge is 2.17. The van der Waals surface area contributed by atoms with Gasteiger partial charge in [0.1, 0.15) is 5.75 Å². The van der Waals surface area contributed by atoms with E-state index in [1.807, 2.05) is 30.3 Å². The monoisotopic (exact) mass is 296 g/mol. The van der Waals surface area contributed by atoms with Crippen LogP contribution in [0.3, 0.4) is 0 Å². The Balaban J connectivity index is 2.43. The van der Waals surface area contributed by atoms with E-state index < -0.39 is 0 Å². The van der Waals surface area contributed by atoms with Gasteiger partial charge in [-0.05, 0) is 47.2 Å². The van der Waals surface area contributed by atoms with Crippen molar-refractivity contribution >= 4 is 5.78 Å². The lowest BCUT2D eigenvalue weighted by Gasteiger charge is -2.16. The summed E-state index contributed by atoms with van der Waals surface area (Å²) in [5.74, 6) is 1.61. The molecule has 0 radical (unpaired) electrons. The summed E-state index contributed by atoms with van der Waals surface area (Å²) < 4.78 is 5.15. The second kappa shape index (κ2) is 6.78. The number of methoxy groups -OCH3 is 1. The first-order valence-corrected chi connectivity index (χ1v) is 7.76. The van der Waals surface area contributed by atoms with E-state index in [2.05, 4.69) is 39.8 Å². The molecule has 0 bridgehead atoms. The Bertz CT molecular complexity index is 652. The predicted octanol–water partition coefficient (Wildman–Crippen LogP) is 5.17. The Morgan fingerprint density at radius 3 is 2.05 bits per heavy atom. The summed E-state index contributed by atoms with van der Waals surface area (Å²) in [6, 6.07) is 13.5. The van der Waals surface area contributed by atoms with E-state index in [1.54, 1.807) is 7.11 Å². The van der Waals surface area contributed by atoms with E-state index in [9.17, 15) is 4.79 Å². The highest BCUT2D eigenvalue weighted by atomic mass is 16.5. The Morgan fingerprint density at radius 2 is 1.55 bits per heavy atom. The molecule has 22 heavy (non-hydrogen) atoms. The van der Waals surface area contributed by atoms with Crippen LogP contribution in [-0.4, -0.2) is 12.9 Å². The van der Waals surface area contributed by atoms with Gasteiger partial charge < -0.3 is 4.74 Å². The van der Waals surface area contributed by atoms with Crippen LogP contribution in [0.5, 0.6) is 5.75 Å². The maximum absolute atomic E-state index is 12.8. The quantitative estimate of drug-likeness (QED) is 0.711. The third-order valence-electron chi connectivity index (χ3n) is 3.96. The number of hydrogen-bond acceptors (Lipinski definition) is 2. The molecule has 0 aliphatic carbocycles. The Hall–Kier alpha value is -2.09. The van der Waals surface area contributed by atoms with Crippen LogP contribution in [0.2, 0.25) is 0 Å². The first-order chi connectivity index (χ1) is 10.4. The van der Waals surface area contributed by atoms with Gasteiger partial charge in [0.25, 0.3) is 0 Å². The van der Waals surface area contributed by atoms with Gasteiger partial charge in [0, 0.05) is 11.1 Å². The average Bonchev–Trinajstić information content (AvgIpc) is 2.53. The fourth-order valence-corrected chi connectivity index (χ4v) is 2.52. The van der Waals surface area contributed by atoms with Gasteiger partial charge in [0.2, 0.25) is 0 Å². The normalized spacial score (nSPS) is 11.0. The van der Waals surface area contributed by atoms with E-state index in [-0.39, 0.29) is 5.78 Å². The number of rotatable bonds is 5. The summed E-state index contributed by atoms with van der Waals surface area (Å²) in [5.41, 5.74) is 3.88. The lowest BCUT2D eigenvalue weighted by Crippen LogP contribution is -2.08. The smallest absolute Gasteiger partial charge is 0.193 e. The molecular weight excluding hydrogens is 272 g/mol. The summed E-state index contributed by atoms with van der Waals surface area (Å²) in [4.78, 5) is 12.8. The van der Waals surface area contributed by atoms with Gasteiger partial charge in [0.15, 0.2) is 5.78 Å². The van der Waals surface area contributed by atoms with Crippen LogP contribution in [0.1, 0.15) is 66.6 Å². The van der Waals surface area contributed by atoms with Gasteiger partial charge in [-0.3, -0.25) is 4.79 Å². The molecule has 0 aliphatic rings. The SMILES string of the molecule is COc1ccc(C(=O)c2ccc(C(C)C)cc2C(C)C)cc1. The van der Waals surface area contributed by atoms with Crippen molar-refractivity contribution in [3.8, 4) is 5.75 Å². The molecule has 2 nitrogen and oxygen atoms in total. The van der Waals surface area contributed by atoms with Crippen LogP contribution < -0.4 is 4.74 Å². The highest BCUT2D eigenvalue weighted by Crippen LogP contribution is 2.27. The fraction of sp³-hybridized carbons (Fsp3) is 0.350. The summed E-state index contributed by atoms with van der Waals surface area (Å²) in [5, 5.41) is 0. The van der Waals surface area contributed by atoms with Gasteiger partial charge in [-0.1, -0.05) is 45.9 Å². The van der Waals surface area contributed by atoms with E-state index >= 15 is 0 Å². The number of benzene rings is 2. The van der Waals surface area contributed by atoms with Crippen LogP contribution in [0.25, 0.3) is 0 Å². The maximum Gasteiger partial charge on any atom is 0.193 e. The summed E-state index contributed by atoms with van der Waals surface area (Å²) in [7, 11) is 1.62. The third kappa shape index (κ3) is 3.38. The minimum Gasteiger partial charge on any atom is -0.497 e. The number of carbonyl (C=O) groups is 1. The van der Waals surface area contributed by atoms with Crippen molar-refractivity contribution in [2.75, 3.05) is 7.11 Å². The summed E-state index contributed by atoms with van der Waals surface area (Å²) >= 11 is 0. The summed E-state index contributed by atoms with van der Waals surface area (Å²) in [6.45, 7) is 8.60. The van der Waals surface area contributed by atoms with Gasteiger partial charge in [-0.15, -0.1) is 0 Å². The summed E-state index contributed by atoms with van der Waals surface area (Å²) in [6.07, 6.45) is 0. The van der Waals surface area contributed by atoms with Crippen LogP contribution in [-0.2, 0) is 0 Å². The van der Waals surface area contributed by atoms with Crippen molar-refractivity contribution in [2.45, 2.75) is 39.5 Å². The molecule has 0 amide bonds. The lowest BCUT2D eigenvalue weighted by molar-refractivity contribution is 0.103. The first kappa shape index (κ1) is 16.3. The first-order valence-electron chi connectivity index (χ1n) is 7.76. The molecule has 0 aromatic heterocycles. The van der Waals surface area contributed by atoms with Gasteiger partial charge in [-0.2, -0.15) is 0 Å². The Kier molecular flexibility index (Phi) is 5.02. The predicted molar refractivity (Wildman–Crippen MR) is 91.0 cm³/mol. The molecule has 0 heterocycles. The van der Waals surface area contributed by atoms with E-state index in [0.29, 0.717) is 17.4 Å². The van der Waals surface area contributed by atoms with Crippen molar-refractivity contribution in [3.05, 3.63) is 64.7 Å². The molecule has 2 heteroatoms. The van der Waals surface area contributed by atoms with E-state index in [1.165, 1.54) is 5.56 Å². The highest BCUT2D eigenvalue weighted by molar-refractivity contribution is 6.10. The number of hydrogen-bond donors (Lipinski definition) is 0. The van der Waals surface area contributed by atoms with Gasteiger partial charge in [-0.25, -0.2) is 0 Å². The number of ether oxygens (including phenoxy) is 1.